The molecular weight excluding hydrogens is 284 g/mol. The molecule has 5 nitrogen and oxygen atoms in total. The molecule has 1 aromatic heterocycles. The van der Waals surface area contributed by atoms with Crippen LogP contribution in [0.2, 0.25) is 0 Å². The number of thioether (sulfide) groups is 1. The summed E-state index contributed by atoms with van der Waals surface area (Å²) in [4.78, 5) is 0. The summed E-state index contributed by atoms with van der Waals surface area (Å²) >= 11 is 1.63. The molecule has 0 saturated heterocycles. The van der Waals surface area contributed by atoms with Gasteiger partial charge in [-0.3, -0.25) is 0 Å². The van der Waals surface area contributed by atoms with Crippen LogP contribution in [0.1, 0.15) is 11.4 Å². The lowest BCUT2D eigenvalue weighted by molar-refractivity contribution is 0.344. The van der Waals surface area contributed by atoms with E-state index >= 15 is 0 Å². The van der Waals surface area contributed by atoms with Gasteiger partial charge in [-0.2, -0.15) is 0 Å². The van der Waals surface area contributed by atoms with Gasteiger partial charge in [0.05, 0.1) is 13.2 Å². The quantitative estimate of drug-likeness (QED) is 0.516. The zero-order valence-corrected chi connectivity index (χ0v) is 13.0. The minimum absolute atomic E-state index is 0.372. The van der Waals surface area contributed by atoms with Gasteiger partial charge in [0.15, 0.2) is 5.16 Å². The van der Waals surface area contributed by atoms with E-state index in [4.69, 9.17) is 10.5 Å². The fraction of sp³-hybridized carbons (Fsp3) is 0.333. The lowest BCUT2D eigenvalue weighted by Gasteiger charge is -2.06. The number of nitrogens with two attached hydrogens (primary N) is 1. The van der Waals surface area contributed by atoms with Crippen LogP contribution in [-0.4, -0.2) is 33.7 Å². The van der Waals surface area contributed by atoms with Crippen molar-refractivity contribution in [1.29, 1.82) is 0 Å². The van der Waals surface area contributed by atoms with E-state index in [9.17, 15) is 0 Å². The largest absolute Gasteiger partial charge is 0.493 e. The van der Waals surface area contributed by atoms with Gasteiger partial charge in [-0.1, -0.05) is 23.6 Å². The topological polar surface area (TPSA) is 66.0 Å². The maximum Gasteiger partial charge on any atom is 0.191 e. The number of hydrogen-bond acceptors (Lipinski definition) is 5. The molecule has 21 heavy (non-hydrogen) atoms. The minimum Gasteiger partial charge on any atom is -0.493 e. The zero-order chi connectivity index (χ0) is 15.1. The molecule has 0 bridgehead atoms. The van der Waals surface area contributed by atoms with Gasteiger partial charge in [0.2, 0.25) is 0 Å². The van der Waals surface area contributed by atoms with Gasteiger partial charge in [-0.25, -0.2) is 0 Å². The van der Waals surface area contributed by atoms with Crippen LogP contribution < -0.4 is 10.5 Å². The third kappa shape index (κ3) is 4.52. The number of aromatic nitrogens is 3. The van der Waals surface area contributed by atoms with Gasteiger partial charge in [-0.15, -0.1) is 10.2 Å². The van der Waals surface area contributed by atoms with Crippen molar-refractivity contribution in [1.82, 2.24) is 14.8 Å². The predicted molar refractivity (Wildman–Crippen MR) is 84.3 cm³/mol. The van der Waals surface area contributed by atoms with Crippen molar-refractivity contribution in [2.45, 2.75) is 12.1 Å². The summed E-state index contributed by atoms with van der Waals surface area (Å²) in [6.45, 7) is 2.92. The van der Waals surface area contributed by atoms with Crippen molar-refractivity contribution in [2.75, 3.05) is 18.9 Å². The molecule has 0 fully saturated rings. The number of hydrogen-bond donors (Lipinski definition) is 1. The first kappa shape index (κ1) is 15.4. The van der Waals surface area contributed by atoms with Gasteiger partial charge >= 0.3 is 0 Å². The second-order valence-electron chi connectivity index (χ2n) is 4.32. The maximum atomic E-state index is 5.68. The first-order valence-corrected chi connectivity index (χ1v) is 7.60. The maximum absolute atomic E-state index is 5.68. The molecule has 1 aromatic carbocycles. The van der Waals surface area contributed by atoms with E-state index in [0.717, 1.165) is 28.0 Å². The normalized spacial score (nSPS) is 10.0. The molecule has 0 aliphatic heterocycles. The van der Waals surface area contributed by atoms with Crippen LogP contribution in [0.5, 0.6) is 5.75 Å². The summed E-state index contributed by atoms with van der Waals surface area (Å²) in [5, 5.41) is 9.02. The molecule has 0 saturated carbocycles. The minimum atomic E-state index is 0.372. The predicted octanol–water partition coefficient (Wildman–Crippen LogP) is 1.60. The molecule has 1 heterocycles. The Balaban J connectivity index is 1.77. The molecule has 0 spiro atoms. The zero-order valence-electron chi connectivity index (χ0n) is 12.2. The average molecular weight is 302 g/mol. The van der Waals surface area contributed by atoms with Gasteiger partial charge in [0, 0.05) is 18.4 Å². The molecule has 6 heteroatoms. The Labute approximate surface area is 128 Å². The molecule has 0 radical (unpaired) electrons. The molecule has 0 atom stereocenters. The lowest BCUT2D eigenvalue weighted by Crippen LogP contribution is -2.02. The first-order valence-electron chi connectivity index (χ1n) is 6.61. The van der Waals surface area contributed by atoms with Gasteiger partial charge in [0.25, 0.3) is 0 Å². The Kier molecular flexibility index (Phi) is 5.67. The van der Waals surface area contributed by atoms with Crippen LogP contribution in [0.4, 0.5) is 0 Å². The van der Waals surface area contributed by atoms with Crippen LogP contribution in [-0.2, 0) is 7.05 Å². The van der Waals surface area contributed by atoms with E-state index in [1.165, 1.54) is 0 Å². The van der Waals surface area contributed by atoms with Crippen molar-refractivity contribution in [2.24, 2.45) is 12.8 Å². The van der Waals surface area contributed by atoms with E-state index in [2.05, 4.69) is 22.0 Å². The highest BCUT2D eigenvalue weighted by molar-refractivity contribution is 7.99. The van der Waals surface area contributed by atoms with Crippen LogP contribution in [0, 0.1) is 18.8 Å². The lowest BCUT2D eigenvalue weighted by atomic mass is 10.2. The van der Waals surface area contributed by atoms with Crippen LogP contribution in [0.25, 0.3) is 0 Å². The first-order chi connectivity index (χ1) is 10.2. The van der Waals surface area contributed by atoms with Crippen molar-refractivity contribution in [3.8, 4) is 17.6 Å². The standard InChI is InChI=1S/C15H18N4OS/c1-12-17-18-15(19(12)2)21-11-10-20-14-7-5-13(6-8-14)4-3-9-16/h5-8H,9-11,16H2,1-2H3. The number of benzene rings is 1. The van der Waals surface area contributed by atoms with E-state index in [0.29, 0.717) is 13.2 Å². The molecular formula is C15H18N4OS. The molecule has 0 aliphatic rings. The Morgan fingerprint density at radius 3 is 2.67 bits per heavy atom. The summed E-state index contributed by atoms with van der Waals surface area (Å²) in [7, 11) is 1.96. The smallest absolute Gasteiger partial charge is 0.191 e. The molecule has 0 unspecified atom stereocenters. The third-order valence-corrected chi connectivity index (χ3v) is 3.81. The van der Waals surface area contributed by atoms with Crippen molar-refractivity contribution < 1.29 is 4.74 Å². The highest BCUT2D eigenvalue weighted by Gasteiger charge is 2.04. The van der Waals surface area contributed by atoms with E-state index < -0.39 is 0 Å². The highest BCUT2D eigenvalue weighted by Crippen LogP contribution is 2.16. The molecule has 2 aromatic rings. The second-order valence-corrected chi connectivity index (χ2v) is 5.38. The van der Waals surface area contributed by atoms with Crippen molar-refractivity contribution >= 4 is 11.8 Å². The van der Waals surface area contributed by atoms with Gasteiger partial charge in [-0.05, 0) is 31.2 Å². The van der Waals surface area contributed by atoms with E-state index in [1.54, 1.807) is 11.8 Å². The highest BCUT2D eigenvalue weighted by atomic mass is 32.2. The van der Waals surface area contributed by atoms with E-state index in [-0.39, 0.29) is 0 Å². The SMILES string of the molecule is Cc1nnc(SCCOc2ccc(C#CCN)cc2)n1C. The fourth-order valence-corrected chi connectivity index (χ4v) is 2.37. The Morgan fingerprint density at radius 1 is 1.29 bits per heavy atom. The van der Waals surface area contributed by atoms with Crippen LogP contribution >= 0.6 is 11.8 Å². The second kappa shape index (κ2) is 7.72. The fourth-order valence-electron chi connectivity index (χ4n) is 1.59. The van der Waals surface area contributed by atoms with E-state index in [1.807, 2.05) is 42.8 Å². The Morgan fingerprint density at radius 2 is 2.05 bits per heavy atom. The third-order valence-electron chi connectivity index (χ3n) is 2.82. The number of aryl methyl sites for hydroxylation is 1. The monoisotopic (exact) mass is 302 g/mol. The van der Waals surface area contributed by atoms with Crippen LogP contribution in [0.3, 0.4) is 0 Å². The van der Waals surface area contributed by atoms with Crippen LogP contribution in [0.15, 0.2) is 29.4 Å². The molecule has 0 amide bonds. The van der Waals surface area contributed by atoms with Gasteiger partial charge < -0.3 is 15.0 Å². The Bertz CT molecular complexity index is 640. The summed E-state index contributed by atoms with van der Waals surface area (Å²) in [6.07, 6.45) is 0. The number of rotatable bonds is 5. The van der Waals surface area contributed by atoms with Gasteiger partial charge in [0.1, 0.15) is 11.6 Å². The summed E-state index contributed by atoms with van der Waals surface area (Å²) in [5.74, 6) is 8.36. The molecule has 0 aliphatic carbocycles. The molecule has 2 N–H and O–H groups in total. The number of nitrogens with zero attached hydrogens (tertiary/aromatic N) is 3. The number of ether oxygens (including phenoxy) is 1. The molecule has 2 rings (SSSR count). The molecule has 110 valence electrons. The Hall–Kier alpha value is -1.97. The summed E-state index contributed by atoms with van der Waals surface area (Å²) < 4.78 is 7.65. The average Bonchev–Trinajstić information content (AvgIpc) is 2.82. The van der Waals surface area contributed by atoms with Crippen molar-refractivity contribution in [3.05, 3.63) is 35.7 Å². The summed E-state index contributed by atoms with van der Waals surface area (Å²) in [5.41, 5.74) is 6.28. The van der Waals surface area contributed by atoms with Crippen molar-refractivity contribution in [3.63, 3.8) is 0 Å². The summed E-state index contributed by atoms with van der Waals surface area (Å²) in [6, 6.07) is 7.68.